The SMILES string of the molecule is CCOc1cc(/C=N/NC(N)=O)cc(Br)c1OC(C)C. The van der Waals surface area contributed by atoms with Crippen molar-refractivity contribution in [1.82, 2.24) is 5.43 Å². The Hall–Kier alpha value is -1.76. The molecular formula is C13H18BrN3O3. The molecule has 0 aromatic heterocycles. The zero-order valence-electron chi connectivity index (χ0n) is 11.6. The van der Waals surface area contributed by atoms with Crippen molar-refractivity contribution < 1.29 is 14.3 Å². The van der Waals surface area contributed by atoms with Crippen molar-refractivity contribution in [2.75, 3.05) is 6.61 Å². The molecule has 3 N–H and O–H groups in total. The number of nitrogens with zero attached hydrogens (tertiary/aromatic N) is 1. The van der Waals surface area contributed by atoms with Gasteiger partial charge in [-0.3, -0.25) is 0 Å². The molecule has 0 atom stereocenters. The lowest BCUT2D eigenvalue weighted by molar-refractivity contribution is 0.222. The van der Waals surface area contributed by atoms with E-state index in [9.17, 15) is 4.79 Å². The molecule has 1 rings (SSSR count). The number of amides is 2. The first-order valence-electron chi connectivity index (χ1n) is 6.15. The van der Waals surface area contributed by atoms with Gasteiger partial charge < -0.3 is 15.2 Å². The molecule has 0 bridgehead atoms. The van der Waals surface area contributed by atoms with Gasteiger partial charge in [0.2, 0.25) is 0 Å². The maximum Gasteiger partial charge on any atom is 0.332 e. The number of ether oxygens (including phenoxy) is 2. The van der Waals surface area contributed by atoms with Crippen LogP contribution in [0.2, 0.25) is 0 Å². The number of urea groups is 1. The van der Waals surface area contributed by atoms with E-state index in [0.29, 0.717) is 18.1 Å². The van der Waals surface area contributed by atoms with E-state index in [1.165, 1.54) is 6.21 Å². The summed E-state index contributed by atoms with van der Waals surface area (Å²) in [4.78, 5) is 10.5. The van der Waals surface area contributed by atoms with E-state index in [4.69, 9.17) is 15.2 Å². The van der Waals surface area contributed by atoms with Crippen LogP contribution < -0.4 is 20.6 Å². The van der Waals surface area contributed by atoms with Crippen molar-refractivity contribution in [3.05, 3.63) is 22.2 Å². The number of hydrogen-bond acceptors (Lipinski definition) is 4. The average molecular weight is 344 g/mol. The van der Waals surface area contributed by atoms with Crippen molar-refractivity contribution in [3.63, 3.8) is 0 Å². The van der Waals surface area contributed by atoms with Gasteiger partial charge in [0, 0.05) is 0 Å². The highest BCUT2D eigenvalue weighted by Gasteiger charge is 2.13. The smallest absolute Gasteiger partial charge is 0.332 e. The van der Waals surface area contributed by atoms with E-state index in [-0.39, 0.29) is 6.10 Å². The molecule has 2 amide bonds. The van der Waals surface area contributed by atoms with Crippen molar-refractivity contribution in [2.45, 2.75) is 26.9 Å². The molecule has 0 saturated carbocycles. The van der Waals surface area contributed by atoms with Gasteiger partial charge in [-0.25, -0.2) is 10.2 Å². The Bertz CT molecular complexity index is 504. The van der Waals surface area contributed by atoms with Crippen LogP contribution in [-0.2, 0) is 0 Å². The molecular weight excluding hydrogens is 326 g/mol. The van der Waals surface area contributed by atoms with Crippen molar-refractivity contribution in [1.29, 1.82) is 0 Å². The lowest BCUT2D eigenvalue weighted by atomic mass is 10.2. The summed E-state index contributed by atoms with van der Waals surface area (Å²) in [5.74, 6) is 1.25. The van der Waals surface area contributed by atoms with Gasteiger partial charge in [0.05, 0.1) is 23.4 Å². The summed E-state index contributed by atoms with van der Waals surface area (Å²) in [5, 5.41) is 3.71. The van der Waals surface area contributed by atoms with Gasteiger partial charge in [0.1, 0.15) is 0 Å². The minimum atomic E-state index is -0.717. The predicted octanol–water partition coefficient (Wildman–Crippen LogP) is 2.64. The normalized spacial score (nSPS) is 10.8. The quantitative estimate of drug-likeness (QED) is 0.614. The molecule has 0 aliphatic rings. The first-order valence-corrected chi connectivity index (χ1v) is 6.94. The van der Waals surface area contributed by atoms with E-state index in [1.807, 2.05) is 26.8 Å². The summed E-state index contributed by atoms with van der Waals surface area (Å²) >= 11 is 3.44. The monoisotopic (exact) mass is 343 g/mol. The largest absolute Gasteiger partial charge is 0.490 e. The Morgan fingerprint density at radius 3 is 2.80 bits per heavy atom. The molecule has 1 aromatic rings. The summed E-state index contributed by atoms with van der Waals surface area (Å²) < 4.78 is 12.0. The van der Waals surface area contributed by atoms with Gasteiger partial charge in [-0.05, 0) is 54.4 Å². The highest BCUT2D eigenvalue weighted by Crippen LogP contribution is 2.37. The molecule has 0 aliphatic carbocycles. The predicted molar refractivity (Wildman–Crippen MR) is 81.4 cm³/mol. The summed E-state index contributed by atoms with van der Waals surface area (Å²) in [6, 6.07) is 2.87. The molecule has 0 unspecified atom stereocenters. The van der Waals surface area contributed by atoms with Crippen LogP contribution in [0.5, 0.6) is 11.5 Å². The molecule has 110 valence electrons. The lowest BCUT2D eigenvalue weighted by Gasteiger charge is -2.16. The number of nitrogens with one attached hydrogen (secondary N) is 1. The number of hydrogen-bond donors (Lipinski definition) is 2. The summed E-state index contributed by atoms with van der Waals surface area (Å²) in [6.45, 7) is 6.28. The van der Waals surface area contributed by atoms with Gasteiger partial charge in [-0.1, -0.05) is 0 Å². The van der Waals surface area contributed by atoms with E-state index < -0.39 is 6.03 Å². The van der Waals surface area contributed by atoms with Gasteiger partial charge in [0.15, 0.2) is 11.5 Å². The zero-order valence-corrected chi connectivity index (χ0v) is 13.2. The Morgan fingerprint density at radius 1 is 1.55 bits per heavy atom. The minimum absolute atomic E-state index is 0.0292. The van der Waals surface area contributed by atoms with E-state index in [2.05, 4.69) is 26.5 Å². The summed E-state index contributed by atoms with van der Waals surface area (Å²) in [7, 11) is 0. The number of carbonyl (C=O) groups excluding carboxylic acids is 1. The maximum absolute atomic E-state index is 10.5. The molecule has 20 heavy (non-hydrogen) atoms. The second kappa shape index (κ2) is 7.74. The average Bonchev–Trinajstić information content (AvgIpc) is 2.33. The van der Waals surface area contributed by atoms with Crippen LogP contribution in [0.25, 0.3) is 0 Å². The fraction of sp³-hybridized carbons (Fsp3) is 0.385. The highest BCUT2D eigenvalue weighted by molar-refractivity contribution is 9.10. The third kappa shape index (κ3) is 5.08. The molecule has 1 aromatic carbocycles. The second-order valence-electron chi connectivity index (χ2n) is 4.16. The standard InChI is InChI=1S/C13H18BrN3O3/c1-4-19-11-6-9(7-16-17-13(15)18)5-10(14)12(11)20-8(2)3/h5-8H,4H2,1-3H3,(H3,15,17,18)/b16-7+. The van der Waals surface area contributed by atoms with Gasteiger partial charge in [-0.2, -0.15) is 5.10 Å². The minimum Gasteiger partial charge on any atom is -0.490 e. The van der Waals surface area contributed by atoms with E-state index in [0.717, 1.165) is 10.0 Å². The Balaban J connectivity index is 3.05. The van der Waals surface area contributed by atoms with Crippen LogP contribution in [-0.4, -0.2) is 25.0 Å². The third-order valence-electron chi connectivity index (χ3n) is 2.07. The van der Waals surface area contributed by atoms with Crippen LogP contribution in [0.1, 0.15) is 26.3 Å². The zero-order chi connectivity index (χ0) is 15.1. The van der Waals surface area contributed by atoms with Crippen LogP contribution >= 0.6 is 15.9 Å². The molecule has 0 fully saturated rings. The molecule has 0 heterocycles. The number of benzene rings is 1. The lowest BCUT2D eigenvalue weighted by Crippen LogP contribution is -2.24. The number of primary amides is 1. The van der Waals surface area contributed by atoms with Crippen molar-refractivity contribution >= 4 is 28.2 Å². The van der Waals surface area contributed by atoms with Crippen molar-refractivity contribution in [3.8, 4) is 11.5 Å². The Kier molecular flexibility index (Phi) is 6.30. The van der Waals surface area contributed by atoms with Crippen LogP contribution in [0, 0.1) is 0 Å². The maximum atomic E-state index is 10.5. The number of nitrogens with two attached hydrogens (primary N) is 1. The molecule has 0 spiro atoms. The van der Waals surface area contributed by atoms with Gasteiger partial charge in [0.25, 0.3) is 0 Å². The molecule has 7 heteroatoms. The number of carbonyl (C=O) groups is 1. The topological polar surface area (TPSA) is 85.9 Å². The second-order valence-corrected chi connectivity index (χ2v) is 5.02. The first-order chi connectivity index (χ1) is 9.43. The van der Waals surface area contributed by atoms with Crippen LogP contribution in [0.4, 0.5) is 4.79 Å². The fourth-order valence-corrected chi connectivity index (χ4v) is 2.00. The van der Waals surface area contributed by atoms with Crippen LogP contribution in [0.3, 0.4) is 0 Å². The first kappa shape index (κ1) is 16.3. The Labute approximate surface area is 126 Å². The molecule has 0 aliphatic heterocycles. The Morgan fingerprint density at radius 2 is 2.25 bits per heavy atom. The molecule has 6 nitrogen and oxygen atoms in total. The summed E-state index contributed by atoms with van der Waals surface area (Å²) in [6.07, 6.45) is 1.50. The van der Waals surface area contributed by atoms with Crippen LogP contribution in [0.15, 0.2) is 21.7 Å². The molecule has 0 saturated heterocycles. The van der Waals surface area contributed by atoms with E-state index in [1.54, 1.807) is 6.07 Å². The summed E-state index contributed by atoms with van der Waals surface area (Å²) in [5.41, 5.74) is 7.80. The van der Waals surface area contributed by atoms with Gasteiger partial charge in [-0.15, -0.1) is 0 Å². The number of rotatable bonds is 6. The number of halogens is 1. The van der Waals surface area contributed by atoms with E-state index >= 15 is 0 Å². The highest BCUT2D eigenvalue weighted by atomic mass is 79.9. The van der Waals surface area contributed by atoms with Gasteiger partial charge >= 0.3 is 6.03 Å². The molecule has 0 radical (unpaired) electrons. The fourth-order valence-electron chi connectivity index (χ4n) is 1.45. The number of hydrazone groups is 1. The third-order valence-corrected chi connectivity index (χ3v) is 2.66. The van der Waals surface area contributed by atoms with Crippen molar-refractivity contribution in [2.24, 2.45) is 10.8 Å².